The number of hydrogen-bond donors (Lipinski definition) is 0. The number of aromatic nitrogens is 2. The predicted molar refractivity (Wildman–Crippen MR) is 218 cm³/mol. The second-order valence-corrected chi connectivity index (χ2v) is 16.1. The molecular formula is C48H36N2S. The fourth-order valence-electron chi connectivity index (χ4n) is 8.34. The SMILES string of the molecule is CC1(C)c2ccc(-c3ccc4c(-c5ccccc5)nc(-c5ccccc5)nc4c3)cc2-c2c(ccc3sc4cc5ccccc5cc4c23)C1(C)C. The molecule has 2 heterocycles. The third kappa shape index (κ3) is 4.48. The summed E-state index contributed by atoms with van der Waals surface area (Å²) in [4.78, 5) is 10.3. The Morgan fingerprint density at radius 1 is 0.471 bits per heavy atom. The van der Waals surface area contributed by atoms with Crippen molar-refractivity contribution in [3.63, 3.8) is 0 Å². The van der Waals surface area contributed by atoms with E-state index < -0.39 is 0 Å². The summed E-state index contributed by atoms with van der Waals surface area (Å²) in [5, 5.41) is 6.36. The van der Waals surface area contributed by atoms with Crippen LogP contribution in [-0.2, 0) is 10.8 Å². The van der Waals surface area contributed by atoms with Crippen molar-refractivity contribution in [3.05, 3.63) is 157 Å². The lowest BCUT2D eigenvalue weighted by atomic mass is 9.55. The molecular weight excluding hydrogens is 637 g/mol. The average Bonchev–Trinajstić information content (AvgIpc) is 3.53. The summed E-state index contributed by atoms with van der Waals surface area (Å²) < 4.78 is 2.69. The van der Waals surface area contributed by atoms with Gasteiger partial charge in [-0.3, -0.25) is 0 Å². The Bertz CT molecular complexity index is 2850. The molecule has 10 rings (SSSR count). The Kier molecular flexibility index (Phi) is 6.47. The smallest absolute Gasteiger partial charge is 0.160 e. The predicted octanol–water partition coefficient (Wildman–Crippen LogP) is 13.4. The zero-order valence-corrected chi connectivity index (χ0v) is 30.0. The molecule has 9 aromatic rings. The Morgan fingerprint density at radius 2 is 1.10 bits per heavy atom. The Labute approximate surface area is 302 Å². The van der Waals surface area contributed by atoms with Crippen molar-refractivity contribution < 1.29 is 0 Å². The van der Waals surface area contributed by atoms with Gasteiger partial charge in [-0.05, 0) is 91.4 Å². The molecule has 7 aromatic carbocycles. The maximum atomic E-state index is 5.17. The van der Waals surface area contributed by atoms with Crippen molar-refractivity contribution in [2.24, 2.45) is 0 Å². The molecule has 1 aliphatic rings. The normalized spacial score (nSPS) is 14.6. The molecule has 244 valence electrons. The summed E-state index contributed by atoms with van der Waals surface area (Å²) in [6.45, 7) is 9.69. The van der Waals surface area contributed by atoms with Crippen molar-refractivity contribution >= 4 is 53.2 Å². The number of rotatable bonds is 3. The first kappa shape index (κ1) is 30.2. The van der Waals surface area contributed by atoms with Crippen molar-refractivity contribution in [1.29, 1.82) is 0 Å². The highest BCUT2D eigenvalue weighted by Crippen LogP contribution is 2.57. The van der Waals surface area contributed by atoms with Gasteiger partial charge in [0.1, 0.15) is 0 Å². The third-order valence-corrected chi connectivity index (χ3v) is 12.9. The van der Waals surface area contributed by atoms with Gasteiger partial charge in [0.2, 0.25) is 0 Å². The summed E-state index contributed by atoms with van der Waals surface area (Å²) in [5.41, 5.74) is 11.7. The summed E-state index contributed by atoms with van der Waals surface area (Å²) in [6, 6.07) is 52.9. The minimum absolute atomic E-state index is 0.0717. The molecule has 3 heteroatoms. The van der Waals surface area contributed by atoms with E-state index in [0.29, 0.717) is 0 Å². The van der Waals surface area contributed by atoms with Crippen molar-refractivity contribution in [2.75, 3.05) is 0 Å². The first-order chi connectivity index (χ1) is 24.8. The highest BCUT2D eigenvalue weighted by molar-refractivity contribution is 7.26. The van der Waals surface area contributed by atoms with Crippen LogP contribution in [0.3, 0.4) is 0 Å². The van der Waals surface area contributed by atoms with Crippen LogP contribution in [0.2, 0.25) is 0 Å². The standard InChI is InChI=1S/C48H36N2S/c1-47(2)38-22-20-33(34-19-21-35-40(27-34)49-46(30-15-9-6-10-16-30)50-45(35)29-13-7-5-8-14-29)25-36(38)43-39(48(47,3)4)23-24-41-44(43)37-26-31-17-11-12-18-32(31)28-42(37)51-41/h5-28H,1-4H3. The van der Waals surface area contributed by atoms with Crippen LogP contribution < -0.4 is 0 Å². The number of nitrogens with zero attached hydrogens (tertiary/aromatic N) is 2. The molecule has 0 bridgehead atoms. The van der Waals surface area contributed by atoms with Crippen LogP contribution in [0, 0.1) is 0 Å². The largest absolute Gasteiger partial charge is 0.228 e. The van der Waals surface area contributed by atoms with Crippen LogP contribution in [0.25, 0.3) is 86.7 Å². The minimum Gasteiger partial charge on any atom is -0.228 e. The zero-order chi connectivity index (χ0) is 34.5. The maximum Gasteiger partial charge on any atom is 0.160 e. The molecule has 0 saturated heterocycles. The number of thiophene rings is 1. The lowest BCUT2D eigenvalue weighted by Crippen LogP contribution is -2.43. The van der Waals surface area contributed by atoms with Gasteiger partial charge in [0.05, 0.1) is 11.2 Å². The van der Waals surface area contributed by atoms with Gasteiger partial charge in [-0.2, -0.15) is 0 Å². The van der Waals surface area contributed by atoms with Crippen LogP contribution >= 0.6 is 11.3 Å². The first-order valence-corrected chi connectivity index (χ1v) is 18.6. The van der Waals surface area contributed by atoms with E-state index in [1.54, 1.807) is 0 Å². The molecule has 1 aliphatic carbocycles. The van der Waals surface area contributed by atoms with E-state index in [-0.39, 0.29) is 10.8 Å². The highest BCUT2D eigenvalue weighted by Gasteiger charge is 2.46. The summed E-state index contributed by atoms with van der Waals surface area (Å²) in [7, 11) is 0. The van der Waals surface area contributed by atoms with Crippen LogP contribution in [0.15, 0.2) is 146 Å². The average molecular weight is 673 g/mol. The van der Waals surface area contributed by atoms with Crippen LogP contribution in [-0.4, -0.2) is 9.97 Å². The van der Waals surface area contributed by atoms with E-state index in [4.69, 9.17) is 9.97 Å². The minimum atomic E-state index is -0.0775. The summed E-state index contributed by atoms with van der Waals surface area (Å²) in [6.07, 6.45) is 0. The second-order valence-electron chi connectivity index (χ2n) is 15.0. The van der Waals surface area contributed by atoms with Crippen molar-refractivity contribution in [1.82, 2.24) is 9.97 Å². The summed E-state index contributed by atoms with van der Waals surface area (Å²) >= 11 is 1.91. The van der Waals surface area contributed by atoms with Gasteiger partial charge >= 0.3 is 0 Å². The van der Waals surface area contributed by atoms with E-state index >= 15 is 0 Å². The van der Waals surface area contributed by atoms with Gasteiger partial charge < -0.3 is 0 Å². The number of benzene rings is 7. The van der Waals surface area contributed by atoms with Gasteiger partial charge in [-0.1, -0.05) is 137 Å². The van der Waals surface area contributed by atoms with E-state index in [1.807, 2.05) is 29.5 Å². The molecule has 0 radical (unpaired) electrons. The zero-order valence-electron chi connectivity index (χ0n) is 29.2. The Morgan fingerprint density at radius 3 is 1.86 bits per heavy atom. The highest BCUT2D eigenvalue weighted by atomic mass is 32.1. The lowest BCUT2D eigenvalue weighted by Gasteiger charge is -2.48. The molecule has 0 atom stereocenters. The molecule has 0 amide bonds. The van der Waals surface area contributed by atoms with Crippen molar-refractivity contribution in [3.8, 4) is 44.9 Å². The third-order valence-electron chi connectivity index (χ3n) is 11.8. The fraction of sp³-hybridized carbons (Fsp3) is 0.125. The lowest BCUT2D eigenvalue weighted by molar-refractivity contribution is 0.299. The molecule has 0 fully saturated rings. The fourth-order valence-corrected chi connectivity index (χ4v) is 9.49. The Balaban J connectivity index is 1.22. The monoisotopic (exact) mass is 672 g/mol. The number of hydrogen-bond acceptors (Lipinski definition) is 3. The molecule has 0 saturated carbocycles. The van der Waals surface area contributed by atoms with E-state index in [2.05, 4.69) is 155 Å². The van der Waals surface area contributed by atoms with E-state index in [0.717, 1.165) is 39.1 Å². The van der Waals surface area contributed by atoms with Crippen LogP contribution in [0.5, 0.6) is 0 Å². The molecule has 51 heavy (non-hydrogen) atoms. The Hall–Kier alpha value is -5.64. The molecule has 0 aliphatic heterocycles. The second kappa shape index (κ2) is 10.9. The van der Waals surface area contributed by atoms with Gasteiger partial charge in [0.25, 0.3) is 0 Å². The molecule has 2 nitrogen and oxygen atoms in total. The van der Waals surface area contributed by atoms with Crippen LogP contribution in [0.1, 0.15) is 38.8 Å². The van der Waals surface area contributed by atoms with Gasteiger partial charge in [0, 0.05) is 36.7 Å². The first-order valence-electron chi connectivity index (χ1n) is 17.7. The molecule has 0 unspecified atom stereocenters. The summed E-state index contributed by atoms with van der Waals surface area (Å²) in [5.74, 6) is 0.738. The molecule has 0 N–H and O–H groups in total. The van der Waals surface area contributed by atoms with Crippen molar-refractivity contribution in [2.45, 2.75) is 38.5 Å². The van der Waals surface area contributed by atoms with Crippen LogP contribution in [0.4, 0.5) is 0 Å². The quantitative estimate of drug-likeness (QED) is 0.187. The topological polar surface area (TPSA) is 25.8 Å². The van der Waals surface area contributed by atoms with Gasteiger partial charge in [-0.15, -0.1) is 11.3 Å². The van der Waals surface area contributed by atoms with E-state index in [9.17, 15) is 0 Å². The molecule has 2 aromatic heterocycles. The maximum absolute atomic E-state index is 5.17. The van der Waals surface area contributed by atoms with E-state index in [1.165, 1.54) is 58.8 Å². The van der Waals surface area contributed by atoms with Gasteiger partial charge in [-0.25, -0.2) is 9.97 Å². The molecule has 0 spiro atoms. The number of fused-ring (bicyclic) bond motifs is 9. The van der Waals surface area contributed by atoms with Gasteiger partial charge in [0.15, 0.2) is 5.82 Å².